The maximum Gasteiger partial charge on any atom is 0.282 e. The van der Waals surface area contributed by atoms with Gasteiger partial charge >= 0.3 is 0 Å². The van der Waals surface area contributed by atoms with Gasteiger partial charge in [0.15, 0.2) is 5.82 Å². The molecule has 2 aliphatic rings. The molecule has 0 aliphatic carbocycles. The second kappa shape index (κ2) is 9.90. The van der Waals surface area contributed by atoms with E-state index < -0.39 is 16.3 Å². The highest BCUT2D eigenvalue weighted by Crippen LogP contribution is 2.26. The third-order valence-corrected chi connectivity index (χ3v) is 7.89. The Hall–Kier alpha value is -2.31. The van der Waals surface area contributed by atoms with E-state index in [0.717, 1.165) is 5.56 Å². The third-order valence-electron chi connectivity index (χ3n) is 5.92. The first kappa shape index (κ1) is 23.8. The van der Waals surface area contributed by atoms with E-state index in [0.29, 0.717) is 50.8 Å². The summed E-state index contributed by atoms with van der Waals surface area (Å²) in [6.45, 7) is 7.69. The number of nitrogens with zero attached hydrogens (tertiary/aromatic N) is 4. The number of aromatic nitrogens is 1. The lowest BCUT2D eigenvalue weighted by atomic mass is 10.0. The predicted molar refractivity (Wildman–Crippen MR) is 123 cm³/mol. The summed E-state index contributed by atoms with van der Waals surface area (Å²) >= 11 is 0. The Balaban J connectivity index is 1.47. The first-order valence-electron chi connectivity index (χ1n) is 11.2. The Morgan fingerprint density at radius 3 is 2.27 bits per heavy atom. The van der Waals surface area contributed by atoms with Crippen LogP contribution >= 0.6 is 0 Å². The van der Waals surface area contributed by atoms with Gasteiger partial charge < -0.3 is 14.6 Å². The minimum absolute atomic E-state index is 0.142. The molecule has 0 spiro atoms. The number of anilines is 1. The van der Waals surface area contributed by atoms with Crippen molar-refractivity contribution in [1.82, 2.24) is 18.7 Å². The number of aryl methyl sites for hydroxylation is 1. The molecule has 10 nitrogen and oxygen atoms in total. The smallest absolute Gasteiger partial charge is 0.282 e. The summed E-state index contributed by atoms with van der Waals surface area (Å²) < 4.78 is 40.2. The van der Waals surface area contributed by atoms with Gasteiger partial charge in [-0.05, 0) is 26.3 Å². The summed E-state index contributed by atoms with van der Waals surface area (Å²) in [7, 11) is -3.59. The maximum absolute atomic E-state index is 13.2. The predicted octanol–water partition coefficient (Wildman–Crippen LogP) is 1.63. The van der Waals surface area contributed by atoms with E-state index in [2.05, 4.69) is 10.5 Å². The number of ether oxygens (including phenoxy) is 1. The molecule has 1 N–H and O–H groups in total. The van der Waals surface area contributed by atoms with Crippen LogP contribution in [0.5, 0.6) is 0 Å². The van der Waals surface area contributed by atoms with E-state index in [1.807, 2.05) is 49.1 Å². The third kappa shape index (κ3) is 5.44. The average Bonchev–Trinajstić information content (AvgIpc) is 3.19. The van der Waals surface area contributed by atoms with Crippen molar-refractivity contribution >= 4 is 21.9 Å². The number of carbonyl (C=O) groups excluding carboxylic acids is 1. The molecule has 4 rings (SSSR count). The molecular weight excluding hydrogens is 446 g/mol. The molecule has 3 heterocycles. The average molecular weight is 478 g/mol. The SMILES string of the molecule is Cc1cc(NC(=O)[C@@H](c2ccccc2)N2CCN(S(=O)(=O)N3C[C@@H](C)O[C@@H](C)C3)CC2)no1. The Kier molecular flexibility index (Phi) is 7.15. The van der Waals surface area contributed by atoms with Crippen molar-refractivity contribution in [3.8, 4) is 0 Å². The number of amides is 1. The molecule has 0 saturated carbocycles. The monoisotopic (exact) mass is 477 g/mol. The summed E-state index contributed by atoms with van der Waals surface area (Å²) in [5.74, 6) is 0.726. The Bertz CT molecular complexity index is 1040. The van der Waals surface area contributed by atoms with Crippen LogP contribution in [-0.2, 0) is 19.7 Å². The highest BCUT2D eigenvalue weighted by molar-refractivity contribution is 7.86. The van der Waals surface area contributed by atoms with Crippen LogP contribution in [0.3, 0.4) is 0 Å². The van der Waals surface area contributed by atoms with Crippen molar-refractivity contribution in [2.45, 2.75) is 39.0 Å². The Labute approximate surface area is 194 Å². The molecule has 2 aromatic rings. The number of hydrogen-bond donors (Lipinski definition) is 1. The fourth-order valence-electron chi connectivity index (χ4n) is 4.46. The van der Waals surface area contributed by atoms with Crippen molar-refractivity contribution in [1.29, 1.82) is 0 Å². The van der Waals surface area contributed by atoms with Crippen LogP contribution in [0.25, 0.3) is 0 Å². The molecule has 2 aliphatic heterocycles. The molecule has 2 saturated heterocycles. The highest BCUT2D eigenvalue weighted by Gasteiger charge is 2.39. The Morgan fingerprint density at radius 2 is 1.70 bits per heavy atom. The first-order valence-corrected chi connectivity index (χ1v) is 12.6. The van der Waals surface area contributed by atoms with Gasteiger partial charge in [-0.15, -0.1) is 0 Å². The van der Waals surface area contributed by atoms with Gasteiger partial charge in [0, 0.05) is 45.3 Å². The van der Waals surface area contributed by atoms with Crippen LogP contribution in [0.4, 0.5) is 5.82 Å². The van der Waals surface area contributed by atoms with Gasteiger partial charge in [-0.3, -0.25) is 9.69 Å². The molecule has 180 valence electrons. The molecule has 1 amide bonds. The molecule has 0 bridgehead atoms. The summed E-state index contributed by atoms with van der Waals surface area (Å²) in [6.07, 6.45) is -0.285. The van der Waals surface area contributed by atoms with Gasteiger partial charge in [0.1, 0.15) is 11.8 Å². The van der Waals surface area contributed by atoms with E-state index in [1.54, 1.807) is 13.0 Å². The molecule has 33 heavy (non-hydrogen) atoms. The zero-order valence-corrected chi connectivity index (χ0v) is 20.0. The van der Waals surface area contributed by atoms with Gasteiger partial charge in [-0.1, -0.05) is 35.5 Å². The number of rotatable bonds is 6. The molecule has 11 heteroatoms. The molecule has 1 aromatic heterocycles. The molecule has 1 aromatic carbocycles. The molecule has 0 radical (unpaired) electrons. The largest absolute Gasteiger partial charge is 0.373 e. The lowest BCUT2D eigenvalue weighted by Gasteiger charge is -2.41. The zero-order chi connectivity index (χ0) is 23.6. The van der Waals surface area contributed by atoms with E-state index in [1.165, 1.54) is 8.61 Å². The first-order chi connectivity index (χ1) is 15.7. The summed E-state index contributed by atoms with van der Waals surface area (Å²) in [5.41, 5.74) is 0.836. The number of hydrogen-bond acceptors (Lipinski definition) is 7. The van der Waals surface area contributed by atoms with Crippen LogP contribution in [-0.4, -0.2) is 84.5 Å². The van der Waals surface area contributed by atoms with Crippen molar-refractivity contribution < 1.29 is 22.5 Å². The normalized spacial score (nSPS) is 24.5. The minimum atomic E-state index is -3.59. The van der Waals surface area contributed by atoms with Crippen LogP contribution in [0.2, 0.25) is 0 Å². The van der Waals surface area contributed by atoms with Crippen molar-refractivity contribution in [2.24, 2.45) is 0 Å². The van der Waals surface area contributed by atoms with Crippen LogP contribution in [0, 0.1) is 6.92 Å². The summed E-state index contributed by atoms with van der Waals surface area (Å²) in [5, 5.41) is 6.68. The van der Waals surface area contributed by atoms with Gasteiger partial charge in [0.25, 0.3) is 10.2 Å². The molecule has 2 fully saturated rings. The number of piperazine rings is 1. The second-order valence-corrected chi connectivity index (χ2v) is 10.6. The Morgan fingerprint density at radius 1 is 1.06 bits per heavy atom. The molecule has 0 unspecified atom stereocenters. The van der Waals surface area contributed by atoms with E-state index in [4.69, 9.17) is 9.26 Å². The number of benzene rings is 1. The van der Waals surface area contributed by atoms with E-state index in [-0.39, 0.29) is 18.1 Å². The zero-order valence-electron chi connectivity index (χ0n) is 19.2. The van der Waals surface area contributed by atoms with Crippen molar-refractivity contribution in [3.63, 3.8) is 0 Å². The number of nitrogens with one attached hydrogen (secondary N) is 1. The topological polar surface area (TPSA) is 108 Å². The number of carbonyl (C=O) groups is 1. The lowest BCUT2D eigenvalue weighted by molar-refractivity contribution is -0.122. The van der Waals surface area contributed by atoms with Gasteiger partial charge in [0.05, 0.1) is 12.2 Å². The molecular formula is C22H31N5O5S. The van der Waals surface area contributed by atoms with Gasteiger partial charge in [-0.2, -0.15) is 17.0 Å². The van der Waals surface area contributed by atoms with Crippen molar-refractivity contribution in [3.05, 3.63) is 47.7 Å². The number of morpholine rings is 1. The van der Waals surface area contributed by atoms with E-state index >= 15 is 0 Å². The highest BCUT2D eigenvalue weighted by atomic mass is 32.2. The van der Waals surface area contributed by atoms with Crippen molar-refractivity contribution in [2.75, 3.05) is 44.6 Å². The lowest BCUT2D eigenvalue weighted by Crippen LogP contribution is -2.58. The van der Waals surface area contributed by atoms with Crippen LogP contribution in [0.1, 0.15) is 31.2 Å². The summed E-state index contributed by atoms with van der Waals surface area (Å²) in [6, 6.07) is 10.6. The van der Waals surface area contributed by atoms with Crippen LogP contribution in [0.15, 0.2) is 40.9 Å². The standard InChI is InChI=1S/C22H31N5O5S/c1-16-13-20(24-32-16)23-22(28)21(19-7-5-4-6-8-19)25-9-11-26(12-10-25)33(29,30)27-14-17(2)31-18(3)15-27/h4-8,13,17-18,21H,9-12,14-15H2,1-3H3,(H,23,24,28)/t17-,18+,21-/m1/s1. The fraction of sp³-hybridized carbons (Fsp3) is 0.545. The summed E-state index contributed by atoms with van der Waals surface area (Å²) in [4.78, 5) is 15.2. The van der Waals surface area contributed by atoms with Crippen LogP contribution < -0.4 is 5.32 Å². The second-order valence-electron chi connectivity index (χ2n) is 8.64. The maximum atomic E-state index is 13.2. The molecule has 3 atom stereocenters. The van der Waals surface area contributed by atoms with Gasteiger partial charge in [0.2, 0.25) is 5.91 Å². The quantitative estimate of drug-likeness (QED) is 0.674. The fourth-order valence-corrected chi connectivity index (χ4v) is 6.21. The van der Waals surface area contributed by atoms with E-state index in [9.17, 15) is 13.2 Å². The minimum Gasteiger partial charge on any atom is -0.373 e. The van der Waals surface area contributed by atoms with Gasteiger partial charge in [-0.25, -0.2) is 0 Å².